The SMILES string of the molecule is CN1CCc2cc(Cl)c(N)cc2[C@H]2c3ccccc3C[C@@H]21. The van der Waals surface area contributed by atoms with Crippen LogP contribution in [0, 0.1) is 0 Å². The summed E-state index contributed by atoms with van der Waals surface area (Å²) in [6.45, 7) is 1.07. The number of benzene rings is 2. The second-order valence-corrected chi connectivity index (χ2v) is 6.66. The quantitative estimate of drug-likeness (QED) is 0.755. The van der Waals surface area contributed by atoms with E-state index >= 15 is 0 Å². The van der Waals surface area contributed by atoms with E-state index in [1.54, 1.807) is 0 Å². The fourth-order valence-corrected chi connectivity index (χ4v) is 4.16. The van der Waals surface area contributed by atoms with Crippen LogP contribution in [0.25, 0.3) is 0 Å². The summed E-state index contributed by atoms with van der Waals surface area (Å²) in [4.78, 5) is 2.49. The molecular weight excluding hydrogens is 280 g/mol. The highest BCUT2D eigenvalue weighted by Crippen LogP contribution is 2.44. The van der Waals surface area contributed by atoms with Crippen LogP contribution < -0.4 is 5.73 Å². The molecule has 0 unspecified atom stereocenters. The highest BCUT2D eigenvalue weighted by molar-refractivity contribution is 6.33. The monoisotopic (exact) mass is 298 g/mol. The number of halogens is 1. The van der Waals surface area contributed by atoms with Gasteiger partial charge in [0, 0.05) is 18.5 Å². The minimum atomic E-state index is 0.420. The molecule has 2 aromatic carbocycles. The molecule has 2 aromatic rings. The molecule has 0 bridgehead atoms. The lowest BCUT2D eigenvalue weighted by Crippen LogP contribution is -2.34. The van der Waals surface area contributed by atoms with Crippen molar-refractivity contribution in [1.29, 1.82) is 0 Å². The van der Waals surface area contributed by atoms with Gasteiger partial charge in [0.25, 0.3) is 0 Å². The van der Waals surface area contributed by atoms with Gasteiger partial charge < -0.3 is 10.6 Å². The first kappa shape index (κ1) is 13.2. The van der Waals surface area contributed by atoms with Gasteiger partial charge in [-0.25, -0.2) is 0 Å². The van der Waals surface area contributed by atoms with Gasteiger partial charge in [0.2, 0.25) is 0 Å². The topological polar surface area (TPSA) is 29.3 Å². The van der Waals surface area contributed by atoms with Crippen LogP contribution in [0.3, 0.4) is 0 Å². The number of fused-ring (bicyclic) bond motifs is 5. The van der Waals surface area contributed by atoms with E-state index in [0.29, 0.717) is 22.7 Å². The van der Waals surface area contributed by atoms with E-state index in [-0.39, 0.29) is 0 Å². The molecule has 1 aliphatic heterocycles. The first-order chi connectivity index (χ1) is 10.1. The number of nitrogens with two attached hydrogens (primary N) is 1. The van der Waals surface area contributed by atoms with E-state index in [1.165, 1.54) is 22.3 Å². The Hall–Kier alpha value is -1.51. The number of likely N-dealkylation sites (N-methyl/N-ethyl adjacent to an activating group) is 1. The van der Waals surface area contributed by atoms with Crippen molar-refractivity contribution in [3.8, 4) is 0 Å². The van der Waals surface area contributed by atoms with Gasteiger partial charge in [0.05, 0.1) is 10.7 Å². The summed E-state index contributed by atoms with van der Waals surface area (Å²) < 4.78 is 0. The van der Waals surface area contributed by atoms with Crippen LogP contribution in [0.2, 0.25) is 5.02 Å². The number of anilines is 1. The molecule has 3 heteroatoms. The molecular formula is C18H19ClN2. The average molecular weight is 299 g/mol. The first-order valence-corrected chi connectivity index (χ1v) is 7.89. The van der Waals surface area contributed by atoms with E-state index in [2.05, 4.69) is 48.3 Å². The Morgan fingerprint density at radius 3 is 2.81 bits per heavy atom. The molecule has 2 atom stereocenters. The van der Waals surface area contributed by atoms with Gasteiger partial charge in [-0.15, -0.1) is 0 Å². The van der Waals surface area contributed by atoms with Gasteiger partial charge in [0.1, 0.15) is 0 Å². The molecule has 0 spiro atoms. The summed E-state index contributed by atoms with van der Waals surface area (Å²) in [5, 5.41) is 0.682. The molecule has 108 valence electrons. The summed E-state index contributed by atoms with van der Waals surface area (Å²) >= 11 is 6.24. The van der Waals surface area contributed by atoms with E-state index in [9.17, 15) is 0 Å². The summed E-state index contributed by atoms with van der Waals surface area (Å²) in [5.41, 5.74) is 12.4. The van der Waals surface area contributed by atoms with Gasteiger partial charge in [-0.05, 0) is 54.3 Å². The largest absolute Gasteiger partial charge is 0.398 e. The van der Waals surface area contributed by atoms with Gasteiger partial charge in [-0.1, -0.05) is 35.9 Å². The van der Waals surface area contributed by atoms with Gasteiger partial charge in [0.15, 0.2) is 0 Å². The lowest BCUT2D eigenvalue weighted by molar-refractivity contribution is 0.244. The summed E-state index contributed by atoms with van der Waals surface area (Å²) in [5.74, 6) is 0.420. The Kier molecular flexibility index (Phi) is 2.98. The summed E-state index contributed by atoms with van der Waals surface area (Å²) in [6, 6.07) is 13.5. The standard InChI is InChI=1S/C18H19ClN2/c1-21-7-6-12-8-15(19)16(20)10-14(12)18-13-5-3-2-4-11(13)9-17(18)21/h2-5,8,10,17-18H,6-7,9,20H2,1H3/t17-,18+/m0/s1. The molecule has 4 rings (SSSR count). The first-order valence-electron chi connectivity index (χ1n) is 7.51. The molecule has 0 saturated heterocycles. The van der Waals surface area contributed by atoms with Crippen molar-refractivity contribution in [2.24, 2.45) is 0 Å². The number of rotatable bonds is 0. The molecule has 0 radical (unpaired) electrons. The molecule has 0 amide bonds. The maximum Gasteiger partial charge on any atom is 0.0638 e. The summed E-state index contributed by atoms with van der Waals surface area (Å²) in [6.07, 6.45) is 2.17. The summed E-state index contributed by atoms with van der Waals surface area (Å²) in [7, 11) is 2.24. The van der Waals surface area contributed by atoms with Crippen LogP contribution in [0.15, 0.2) is 36.4 Å². The minimum absolute atomic E-state index is 0.420. The maximum absolute atomic E-state index is 6.24. The Balaban J connectivity index is 1.94. The predicted molar refractivity (Wildman–Crippen MR) is 88.0 cm³/mol. The normalized spacial score (nSPS) is 24.1. The fourth-order valence-electron chi connectivity index (χ4n) is 3.98. The van der Waals surface area contributed by atoms with E-state index in [1.807, 2.05) is 0 Å². The number of nitrogen functional groups attached to an aromatic ring is 1. The third kappa shape index (κ3) is 1.97. The lowest BCUT2D eigenvalue weighted by Gasteiger charge is -2.27. The number of nitrogens with zero attached hydrogens (tertiary/aromatic N) is 1. The molecule has 0 aromatic heterocycles. The van der Waals surface area contributed by atoms with Gasteiger partial charge >= 0.3 is 0 Å². The van der Waals surface area contributed by atoms with Crippen molar-refractivity contribution in [2.75, 3.05) is 19.3 Å². The zero-order chi connectivity index (χ0) is 14.6. The second-order valence-electron chi connectivity index (χ2n) is 6.25. The van der Waals surface area contributed by atoms with Gasteiger partial charge in [-0.3, -0.25) is 0 Å². The Bertz CT molecular complexity index is 710. The van der Waals surface area contributed by atoms with Crippen molar-refractivity contribution in [3.05, 3.63) is 63.7 Å². The highest BCUT2D eigenvalue weighted by atomic mass is 35.5. The van der Waals surface area contributed by atoms with E-state index in [0.717, 1.165) is 19.4 Å². The third-order valence-electron chi connectivity index (χ3n) is 5.10. The molecule has 0 saturated carbocycles. The van der Waals surface area contributed by atoms with Gasteiger partial charge in [-0.2, -0.15) is 0 Å². The zero-order valence-electron chi connectivity index (χ0n) is 12.1. The van der Waals surface area contributed by atoms with Crippen LogP contribution >= 0.6 is 11.6 Å². The van der Waals surface area contributed by atoms with E-state index in [4.69, 9.17) is 17.3 Å². The second kappa shape index (κ2) is 4.75. The van der Waals surface area contributed by atoms with Crippen LogP contribution in [0.1, 0.15) is 28.2 Å². The highest BCUT2D eigenvalue weighted by Gasteiger charge is 2.38. The molecule has 0 fully saturated rings. The maximum atomic E-state index is 6.24. The van der Waals surface area contributed by atoms with Crippen molar-refractivity contribution in [3.63, 3.8) is 0 Å². The molecule has 2 nitrogen and oxygen atoms in total. The zero-order valence-corrected chi connectivity index (χ0v) is 12.9. The van der Waals surface area contributed by atoms with Crippen LogP contribution in [-0.2, 0) is 12.8 Å². The number of hydrogen-bond acceptors (Lipinski definition) is 2. The molecule has 1 heterocycles. The van der Waals surface area contributed by atoms with Crippen molar-refractivity contribution >= 4 is 17.3 Å². The van der Waals surface area contributed by atoms with Crippen molar-refractivity contribution in [2.45, 2.75) is 24.8 Å². The van der Waals surface area contributed by atoms with Crippen LogP contribution in [-0.4, -0.2) is 24.5 Å². The predicted octanol–water partition coefficient (Wildman–Crippen LogP) is 3.47. The third-order valence-corrected chi connectivity index (χ3v) is 5.42. The molecule has 1 aliphatic carbocycles. The Labute approximate surface area is 130 Å². The molecule has 2 aliphatic rings. The lowest BCUT2D eigenvalue weighted by atomic mass is 9.87. The van der Waals surface area contributed by atoms with E-state index < -0.39 is 0 Å². The smallest absolute Gasteiger partial charge is 0.0638 e. The number of hydrogen-bond donors (Lipinski definition) is 1. The average Bonchev–Trinajstić information content (AvgIpc) is 2.81. The molecule has 2 N–H and O–H groups in total. The van der Waals surface area contributed by atoms with Crippen LogP contribution in [0.4, 0.5) is 5.69 Å². The minimum Gasteiger partial charge on any atom is -0.398 e. The fraction of sp³-hybridized carbons (Fsp3) is 0.333. The van der Waals surface area contributed by atoms with Crippen molar-refractivity contribution < 1.29 is 0 Å². The van der Waals surface area contributed by atoms with Crippen LogP contribution in [0.5, 0.6) is 0 Å². The Morgan fingerprint density at radius 1 is 1.14 bits per heavy atom. The van der Waals surface area contributed by atoms with Crippen molar-refractivity contribution in [1.82, 2.24) is 4.90 Å². The Morgan fingerprint density at radius 2 is 1.95 bits per heavy atom. The molecule has 21 heavy (non-hydrogen) atoms.